The van der Waals surface area contributed by atoms with Crippen LogP contribution in [-0.4, -0.2) is 23.2 Å². The van der Waals surface area contributed by atoms with Crippen LogP contribution in [0.3, 0.4) is 0 Å². The molecular formula is C30H27NO4. The molecule has 3 N–H and O–H groups in total. The van der Waals surface area contributed by atoms with Gasteiger partial charge in [0, 0.05) is 6.54 Å². The maximum atomic E-state index is 12.6. The Hall–Kier alpha value is -4.51. The van der Waals surface area contributed by atoms with Crippen LogP contribution in [-0.2, 0) is 17.8 Å². The van der Waals surface area contributed by atoms with E-state index in [2.05, 4.69) is 5.32 Å². The second-order valence-corrected chi connectivity index (χ2v) is 8.13. The van der Waals surface area contributed by atoms with Crippen molar-refractivity contribution < 1.29 is 19.7 Å². The van der Waals surface area contributed by atoms with Crippen LogP contribution >= 0.6 is 0 Å². The van der Waals surface area contributed by atoms with Gasteiger partial charge in [0.15, 0.2) is 11.5 Å². The molecule has 0 saturated heterocycles. The highest BCUT2D eigenvalue weighted by Crippen LogP contribution is 2.30. The standard InChI is InChI=1S/C30H27NO4/c1-35-25-15-11-22(12-16-25)19-30(34)31-20-24-7-3-5-9-27(24)26-8-4-2-6-23(26)14-10-21-13-17-28(32)29(33)18-21/h2-18,32-33H,19-20H2,1H3,(H,31,34)/b14-10+. The first kappa shape index (κ1) is 23.6. The highest BCUT2D eigenvalue weighted by molar-refractivity contribution is 5.83. The van der Waals surface area contributed by atoms with Gasteiger partial charge in [-0.3, -0.25) is 4.79 Å². The molecule has 176 valence electrons. The molecular weight excluding hydrogens is 438 g/mol. The smallest absolute Gasteiger partial charge is 0.224 e. The highest BCUT2D eigenvalue weighted by atomic mass is 16.5. The molecule has 4 aromatic rings. The zero-order chi connectivity index (χ0) is 24.6. The van der Waals surface area contributed by atoms with E-state index < -0.39 is 0 Å². The van der Waals surface area contributed by atoms with E-state index in [1.165, 1.54) is 12.1 Å². The van der Waals surface area contributed by atoms with Crippen LogP contribution in [0, 0.1) is 0 Å². The van der Waals surface area contributed by atoms with E-state index in [1.807, 2.05) is 84.9 Å². The van der Waals surface area contributed by atoms with Crippen molar-refractivity contribution in [3.05, 3.63) is 113 Å². The SMILES string of the molecule is COc1ccc(CC(=O)NCc2ccccc2-c2ccccc2/C=C/c2ccc(O)c(O)c2)cc1. The van der Waals surface area contributed by atoms with Crippen molar-refractivity contribution in [2.45, 2.75) is 13.0 Å². The Bertz CT molecular complexity index is 1340. The Morgan fingerprint density at radius 2 is 1.54 bits per heavy atom. The van der Waals surface area contributed by atoms with E-state index in [1.54, 1.807) is 13.2 Å². The first-order valence-corrected chi connectivity index (χ1v) is 11.3. The number of ether oxygens (including phenoxy) is 1. The average molecular weight is 466 g/mol. The Kier molecular flexibility index (Phi) is 7.48. The average Bonchev–Trinajstić information content (AvgIpc) is 2.89. The van der Waals surface area contributed by atoms with Gasteiger partial charge in [-0.15, -0.1) is 0 Å². The third kappa shape index (κ3) is 6.09. The molecule has 35 heavy (non-hydrogen) atoms. The zero-order valence-corrected chi connectivity index (χ0v) is 19.4. The van der Waals surface area contributed by atoms with Gasteiger partial charge < -0.3 is 20.3 Å². The lowest BCUT2D eigenvalue weighted by Gasteiger charge is -2.13. The number of hydrogen-bond acceptors (Lipinski definition) is 4. The van der Waals surface area contributed by atoms with Crippen molar-refractivity contribution in [3.63, 3.8) is 0 Å². The molecule has 0 radical (unpaired) electrons. The first-order valence-electron chi connectivity index (χ1n) is 11.3. The summed E-state index contributed by atoms with van der Waals surface area (Å²) in [5.41, 5.74) is 5.77. The molecule has 5 heteroatoms. The summed E-state index contributed by atoms with van der Waals surface area (Å²) in [6.07, 6.45) is 4.16. The Morgan fingerprint density at radius 3 is 2.29 bits per heavy atom. The second kappa shape index (κ2) is 11.1. The predicted molar refractivity (Wildman–Crippen MR) is 139 cm³/mol. The fourth-order valence-corrected chi connectivity index (χ4v) is 3.84. The monoisotopic (exact) mass is 465 g/mol. The van der Waals surface area contributed by atoms with Crippen molar-refractivity contribution in [1.29, 1.82) is 0 Å². The summed E-state index contributed by atoms with van der Waals surface area (Å²) in [5, 5.41) is 22.3. The Balaban J connectivity index is 1.51. The molecule has 0 aliphatic heterocycles. The third-order valence-corrected chi connectivity index (χ3v) is 5.72. The van der Waals surface area contributed by atoms with Crippen molar-refractivity contribution in [2.75, 3.05) is 7.11 Å². The van der Waals surface area contributed by atoms with Gasteiger partial charge in [-0.05, 0) is 57.6 Å². The van der Waals surface area contributed by atoms with Crippen molar-refractivity contribution >= 4 is 18.1 Å². The summed E-state index contributed by atoms with van der Waals surface area (Å²) in [6.45, 7) is 0.412. The van der Waals surface area contributed by atoms with E-state index >= 15 is 0 Å². The minimum absolute atomic E-state index is 0.0507. The van der Waals surface area contributed by atoms with Crippen LogP contribution in [0.2, 0.25) is 0 Å². The van der Waals surface area contributed by atoms with Gasteiger partial charge in [-0.25, -0.2) is 0 Å². The molecule has 0 saturated carbocycles. The van der Waals surface area contributed by atoms with Crippen LogP contribution < -0.4 is 10.1 Å². The lowest BCUT2D eigenvalue weighted by molar-refractivity contribution is -0.120. The fourth-order valence-electron chi connectivity index (χ4n) is 3.84. The van der Waals surface area contributed by atoms with Crippen molar-refractivity contribution in [1.82, 2.24) is 5.32 Å². The minimum Gasteiger partial charge on any atom is -0.504 e. The number of methoxy groups -OCH3 is 1. The number of nitrogens with one attached hydrogen (secondary N) is 1. The maximum absolute atomic E-state index is 12.6. The van der Waals surface area contributed by atoms with Crippen LogP contribution in [0.25, 0.3) is 23.3 Å². The largest absolute Gasteiger partial charge is 0.504 e. The predicted octanol–water partition coefficient (Wildman–Crippen LogP) is 5.80. The van der Waals surface area contributed by atoms with Crippen molar-refractivity contribution in [3.8, 4) is 28.4 Å². The third-order valence-electron chi connectivity index (χ3n) is 5.72. The molecule has 0 heterocycles. The fraction of sp³-hybridized carbons (Fsp3) is 0.100. The quantitative estimate of drug-likeness (QED) is 0.227. The molecule has 0 bridgehead atoms. The molecule has 0 atom stereocenters. The lowest BCUT2D eigenvalue weighted by Crippen LogP contribution is -2.24. The van der Waals surface area contributed by atoms with Gasteiger partial charge >= 0.3 is 0 Å². The molecule has 4 aromatic carbocycles. The van der Waals surface area contributed by atoms with E-state index in [4.69, 9.17) is 4.74 Å². The normalized spacial score (nSPS) is 10.9. The number of hydrogen-bond donors (Lipinski definition) is 3. The van der Waals surface area contributed by atoms with Gasteiger partial charge in [0.05, 0.1) is 13.5 Å². The summed E-state index contributed by atoms with van der Waals surface area (Å²) >= 11 is 0. The van der Waals surface area contributed by atoms with Gasteiger partial charge in [0.2, 0.25) is 5.91 Å². The molecule has 5 nitrogen and oxygen atoms in total. The molecule has 0 aliphatic rings. The molecule has 0 aliphatic carbocycles. The summed E-state index contributed by atoms with van der Waals surface area (Å²) in [7, 11) is 1.62. The molecule has 0 aromatic heterocycles. The second-order valence-electron chi connectivity index (χ2n) is 8.13. The number of phenols is 2. The minimum atomic E-state index is -0.156. The first-order chi connectivity index (χ1) is 17.0. The summed E-state index contributed by atoms with van der Waals surface area (Å²) in [6, 6.07) is 28.2. The number of aromatic hydroxyl groups is 2. The highest BCUT2D eigenvalue weighted by Gasteiger charge is 2.10. The number of carbonyl (C=O) groups excluding carboxylic acids is 1. The van der Waals surface area contributed by atoms with Crippen molar-refractivity contribution in [2.24, 2.45) is 0 Å². The van der Waals surface area contributed by atoms with Crippen LogP contribution in [0.15, 0.2) is 91.0 Å². The van der Waals surface area contributed by atoms with Crippen LogP contribution in [0.5, 0.6) is 17.2 Å². The number of phenolic OH excluding ortho intramolecular Hbond substituents is 2. The number of carbonyl (C=O) groups is 1. The van der Waals surface area contributed by atoms with E-state index in [9.17, 15) is 15.0 Å². The molecule has 0 unspecified atom stereocenters. The summed E-state index contributed by atoms with van der Waals surface area (Å²) in [4.78, 5) is 12.6. The van der Waals surface area contributed by atoms with Gasteiger partial charge in [0.1, 0.15) is 5.75 Å². The van der Waals surface area contributed by atoms with Gasteiger partial charge in [-0.1, -0.05) is 78.9 Å². The van der Waals surface area contributed by atoms with Gasteiger partial charge in [0.25, 0.3) is 0 Å². The topological polar surface area (TPSA) is 78.8 Å². The lowest BCUT2D eigenvalue weighted by atomic mass is 9.94. The maximum Gasteiger partial charge on any atom is 0.224 e. The van der Waals surface area contributed by atoms with Crippen LogP contribution in [0.4, 0.5) is 0 Å². The van der Waals surface area contributed by atoms with Crippen LogP contribution in [0.1, 0.15) is 22.3 Å². The molecule has 0 spiro atoms. The summed E-state index contributed by atoms with van der Waals surface area (Å²) < 4.78 is 5.17. The molecule has 0 fully saturated rings. The number of amides is 1. The zero-order valence-electron chi connectivity index (χ0n) is 19.4. The van der Waals surface area contributed by atoms with E-state index in [-0.39, 0.29) is 17.4 Å². The number of rotatable bonds is 8. The van der Waals surface area contributed by atoms with Gasteiger partial charge in [-0.2, -0.15) is 0 Å². The Morgan fingerprint density at radius 1 is 0.829 bits per heavy atom. The van der Waals surface area contributed by atoms with E-state index in [0.717, 1.165) is 39.1 Å². The molecule has 4 rings (SSSR count). The number of benzene rings is 4. The Labute approximate surface area is 205 Å². The summed E-state index contributed by atoms with van der Waals surface area (Å²) in [5.74, 6) is 0.407. The van der Waals surface area contributed by atoms with E-state index in [0.29, 0.717) is 13.0 Å². The molecule has 1 amide bonds.